The van der Waals surface area contributed by atoms with Crippen molar-refractivity contribution in [2.24, 2.45) is 5.92 Å². The van der Waals surface area contributed by atoms with Gasteiger partial charge in [-0.25, -0.2) is 0 Å². The molecule has 29 heavy (non-hydrogen) atoms. The average Bonchev–Trinajstić information content (AvgIpc) is 3.11. The molecule has 0 atom stereocenters. The lowest BCUT2D eigenvalue weighted by atomic mass is 9.95. The molecule has 0 bridgehead atoms. The molecule has 0 unspecified atom stereocenters. The molecule has 12 heteroatoms. The summed E-state index contributed by atoms with van der Waals surface area (Å²) in [7, 11) is 4.85. The van der Waals surface area contributed by atoms with Gasteiger partial charge in [0.2, 0.25) is 11.8 Å². The van der Waals surface area contributed by atoms with Gasteiger partial charge in [0.25, 0.3) is 5.82 Å². The van der Waals surface area contributed by atoms with E-state index in [1.54, 1.807) is 27.2 Å². The van der Waals surface area contributed by atoms with Crippen molar-refractivity contribution in [3.05, 3.63) is 18.0 Å². The minimum atomic E-state index is -4.65. The lowest BCUT2D eigenvalue weighted by Crippen LogP contribution is -2.44. The van der Waals surface area contributed by atoms with Gasteiger partial charge in [0.1, 0.15) is 5.82 Å². The minimum absolute atomic E-state index is 0.0120. The first-order valence-corrected chi connectivity index (χ1v) is 9.07. The van der Waals surface area contributed by atoms with Crippen molar-refractivity contribution in [2.75, 3.05) is 45.7 Å². The summed E-state index contributed by atoms with van der Waals surface area (Å²) in [5, 5.41) is 10.7. The maximum atomic E-state index is 13.0. The molecule has 2 aromatic rings. The molecule has 1 saturated heterocycles. The number of nitrogens with zero attached hydrogens (tertiary/aromatic N) is 7. The van der Waals surface area contributed by atoms with Gasteiger partial charge in [0.15, 0.2) is 5.65 Å². The van der Waals surface area contributed by atoms with Crippen molar-refractivity contribution < 1.29 is 22.8 Å². The van der Waals surface area contributed by atoms with Crippen molar-refractivity contribution >= 4 is 23.3 Å². The van der Waals surface area contributed by atoms with Crippen LogP contribution in [0.3, 0.4) is 0 Å². The Balaban J connectivity index is 1.66. The molecular weight excluding hydrogens is 391 g/mol. The second-order valence-electron chi connectivity index (χ2n) is 7.23. The first-order chi connectivity index (χ1) is 13.6. The minimum Gasteiger partial charge on any atom is -0.355 e. The van der Waals surface area contributed by atoms with Gasteiger partial charge in [0.05, 0.1) is 6.54 Å². The SMILES string of the molecule is CN(C)C(=O)CN(C)C(=O)C1CCN(c2ccc3nnc(C(F)(F)F)n3n2)CC1. The number of fused-ring (bicyclic) bond motifs is 1. The fourth-order valence-corrected chi connectivity index (χ4v) is 3.21. The normalized spacial score (nSPS) is 15.6. The molecular formula is C17H22F3N7O2. The van der Waals surface area contributed by atoms with E-state index in [0.717, 1.165) is 0 Å². The van der Waals surface area contributed by atoms with Crippen LogP contribution in [0.1, 0.15) is 18.7 Å². The summed E-state index contributed by atoms with van der Waals surface area (Å²) in [6.45, 7) is 0.944. The number of aromatic nitrogens is 4. The Hall–Kier alpha value is -2.92. The van der Waals surface area contributed by atoms with Crippen LogP contribution in [0.15, 0.2) is 12.1 Å². The number of carbonyl (C=O) groups is 2. The Bertz CT molecular complexity index is 904. The third-order valence-corrected chi connectivity index (χ3v) is 4.92. The quantitative estimate of drug-likeness (QED) is 0.741. The predicted octanol–water partition coefficient (Wildman–Crippen LogP) is 0.906. The Morgan fingerprint density at radius 2 is 1.79 bits per heavy atom. The van der Waals surface area contributed by atoms with E-state index in [2.05, 4.69) is 15.3 Å². The van der Waals surface area contributed by atoms with E-state index >= 15 is 0 Å². The number of likely N-dealkylation sites (N-methyl/N-ethyl adjacent to an activating group) is 2. The summed E-state index contributed by atoms with van der Waals surface area (Å²) in [5.41, 5.74) is 0.0123. The van der Waals surface area contributed by atoms with Crippen LogP contribution < -0.4 is 4.90 Å². The largest absolute Gasteiger partial charge is 0.453 e. The number of amides is 2. The molecule has 3 rings (SSSR count). The van der Waals surface area contributed by atoms with Crippen LogP contribution in [0.25, 0.3) is 5.65 Å². The van der Waals surface area contributed by atoms with Crippen molar-refractivity contribution in [1.29, 1.82) is 0 Å². The van der Waals surface area contributed by atoms with Gasteiger partial charge in [0, 0.05) is 40.2 Å². The lowest BCUT2D eigenvalue weighted by Gasteiger charge is -2.33. The number of hydrogen-bond donors (Lipinski definition) is 0. The summed E-state index contributed by atoms with van der Waals surface area (Å²) in [5.74, 6) is -1.32. The fraction of sp³-hybridized carbons (Fsp3) is 0.588. The molecule has 3 heterocycles. The van der Waals surface area contributed by atoms with Crippen LogP contribution in [0.4, 0.5) is 19.0 Å². The zero-order chi connectivity index (χ0) is 21.3. The van der Waals surface area contributed by atoms with E-state index in [1.807, 2.05) is 4.90 Å². The maximum absolute atomic E-state index is 13.0. The number of hydrogen-bond acceptors (Lipinski definition) is 6. The second kappa shape index (κ2) is 7.84. The zero-order valence-electron chi connectivity index (χ0n) is 16.3. The van der Waals surface area contributed by atoms with Crippen molar-refractivity contribution in [3.63, 3.8) is 0 Å². The van der Waals surface area contributed by atoms with E-state index in [9.17, 15) is 22.8 Å². The Morgan fingerprint density at radius 3 is 2.38 bits per heavy atom. The van der Waals surface area contributed by atoms with Crippen molar-refractivity contribution in [1.82, 2.24) is 29.6 Å². The number of carbonyl (C=O) groups excluding carboxylic acids is 2. The van der Waals surface area contributed by atoms with Crippen LogP contribution in [0.2, 0.25) is 0 Å². The van der Waals surface area contributed by atoms with Gasteiger partial charge < -0.3 is 14.7 Å². The monoisotopic (exact) mass is 413 g/mol. The van der Waals surface area contributed by atoms with E-state index < -0.39 is 12.0 Å². The van der Waals surface area contributed by atoms with Crippen molar-refractivity contribution in [3.8, 4) is 0 Å². The fourth-order valence-electron chi connectivity index (χ4n) is 3.21. The first kappa shape index (κ1) is 20.8. The van der Waals surface area contributed by atoms with Gasteiger partial charge in [-0.3, -0.25) is 9.59 Å². The summed E-state index contributed by atoms with van der Waals surface area (Å²) in [6.07, 6.45) is -3.61. The lowest BCUT2D eigenvalue weighted by molar-refractivity contribution is -0.146. The molecule has 0 aromatic carbocycles. The van der Waals surface area contributed by atoms with Crippen LogP contribution in [0, 0.1) is 5.92 Å². The van der Waals surface area contributed by atoms with Crippen LogP contribution in [-0.4, -0.2) is 82.2 Å². The van der Waals surface area contributed by atoms with Crippen LogP contribution >= 0.6 is 0 Å². The number of anilines is 1. The molecule has 1 fully saturated rings. The molecule has 0 radical (unpaired) electrons. The molecule has 1 aliphatic heterocycles. The van der Waals surface area contributed by atoms with Crippen LogP contribution in [0.5, 0.6) is 0 Å². The number of alkyl halides is 3. The summed E-state index contributed by atoms with van der Waals surface area (Å²) < 4.78 is 39.8. The highest BCUT2D eigenvalue weighted by Crippen LogP contribution is 2.29. The van der Waals surface area contributed by atoms with Gasteiger partial charge >= 0.3 is 6.18 Å². The Morgan fingerprint density at radius 1 is 1.14 bits per heavy atom. The standard InChI is InChI=1S/C17H22F3N7O2/c1-24(2)14(28)10-25(3)15(29)11-6-8-26(9-7-11)13-5-4-12-21-22-16(17(18,19)20)27(12)23-13/h4-5,11H,6-10H2,1-3H3. The number of rotatable bonds is 4. The summed E-state index contributed by atoms with van der Waals surface area (Å²) in [6, 6.07) is 3.02. The van der Waals surface area contributed by atoms with Gasteiger partial charge in [-0.1, -0.05) is 0 Å². The maximum Gasteiger partial charge on any atom is 0.453 e. The van der Waals surface area contributed by atoms with Gasteiger partial charge in [-0.15, -0.1) is 15.3 Å². The molecule has 0 N–H and O–H groups in total. The number of halogens is 3. The molecule has 2 aromatic heterocycles. The van der Waals surface area contributed by atoms with Gasteiger partial charge in [-0.05, 0) is 25.0 Å². The molecule has 0 aliphatic carbocycles. The van der Waals surface area contributed by atoms with E-state index in [4.69, 9.17) is 0 Å². The van der Waals surface area contributed by atoms with E-state index in [1.165, 1.54) is 15.9 Å². The highest BCUT2D eigenvalue weighted by atomic mass is 19.4. The molecule has 2 amide bonds. The summed E-state index contributed by atoms with van der Waals surface area (Å²) >= 11 is 0. The second-order valence-corrected chi connectivity index (χ2v) is 7.23. The average molecular weight is 413 g/mol. The Labute approximate surface area is 165 Å². The number of piperidine rings is 1. The molecule has 1 aliphatic rings. The highest BCUT2D eigenvalue weighted by molar-refractivity contribution is 5.85. The van der Waals surface area contributed by atoms with E-state index in [0.29, 0.717) is 36.3 Å². The molecule has 0 saturated carbocycles. The summed E-state index contributed by atoms with van der Waals surface area (Å²) in [4.78, 5) is 29.0. The van der Waals surface area contributed by atoms with Crippen molar-refractivity contribution in [2.45, 2.75) is 19.0 Å². The first-order valence-electron chi connectivity index (χ1n) is 9.07. The van der Waals surface area contributed by atoms with Crippen LogP contribution in [-0.2, 0) is 15.8 Å². The molecule has 158 valence electrons. The smallest absolute Gasteiger partial charge is 0.355 e. The third kappa shape index (κ3) is 4.40. The van der Waals surface area contributed by atoms with Gasteiger partial charge in [-0.2, -0.15) is 17.7 Å². The Kier molecular flexibility index (Phi) is 5.62. The highest BCUT2D eigenvalue weighted by Gasteiger charge is 2.38. The predicted molar refractivity (Wildman–Crippen MR) is 97.1 cm³/mol. The molecule has 0 spiro atoms. The third-order valence-electron chi connectivity index (χ3n) is 4.92. The zero-order valence-corrected chi connectivity index (χ0v) is 16.3. The molecule has 9 nitrogen and oxygen atoms in total. The topological polar surface area (TPSA) is 86.9 Å². The van der Waals surface area contributed by atoms with E-state index in [-0.39, 0.29) is 29.9 Å².